The largest absolute Gasteiger partial charge is 0.480 e. The van der Waals surface area contributed by atoms with Gasteiger partial charge in [0.15, 0.2) is 0 Å². The molecule has 2 heterocycles. The monoisotopic (exact) mass is 418 g/mol. The second-order valence-electron chi connectivity index (χ2n) is 6.52. The van der Waals surface area contributed by atoms with Gasteiger partial charge in [0.25, 0.3) is 0 Å². The van der Waals surface area contributed by atoms with Gasteiger partial charge in [-0.15, -0.1) is 0 Å². The molecular formula is C20H16F2N2O4S. The summed E-state index contributed by atoms with van der Waals surface area (Å²) in [5.74, 6) is 0.00792. The van der Waals surface area contributed by atoms with Gasteiger partial charge in [0.1, 0.15) is 17.6 Å². The van der Waals surface area contributed by atoms with Crippen LogP contribution in [0.2, 0.25) is 0 Å². The lowest BCUT2D eigenvalue weighted by Gasteiger charge is -2.30. The van der Waals surface area contributed by atoms with Crippen LogP contribution < -0.4 is 14.6 Å². The third-order valence-corrected chi connectivity index (χ3v) is 5.23. The van der Waals surface area contributed by atoms with Crippen LogP contribution in [0, 0.1) is 0 Å². The number of nitrogens with zero attached hydrogens (tertiary/aromatic N) is 1. The molecule has 0 aliphatic carbocycles. The van der Waals surface area contributed by atoms with Crippen LogP contribution in [0.15, 0.2) is 60.9 Å². The summed E-state index contributed by atoms with van der Waals surface area (Å²) >= 11 is 0. The van der Waals surface area contributed by atoms with E-state index in [0.717, 1.165) is 5.56 Å². The Morgan fingerprint density at radius 3 is 2.59 bits per heavy atom. The summed E-state index contributed by atoms with van der Waals surface area (Å²) in [6.45, 7) is -3.00. The number of sulfonamides is 1. The maximum Gasteiger partial charge on any atom is 0.387 e. The van der Waals surface area contributed by atoms with Gasteiger partial charge in [-0.05, 0) is 41.0 Å². The van der Waals surface area contributed by atoms with Crippen molar-refractivity contribution in [2.75, 3.05) is 0 Å². The Hall–Kier alpha value is -3.04. The van der Waals surface area contributed by atoms with Crippen LogP contribution in [-0.2, 0) is 15.8 Å². The predicted molar refractivity (Wildman–Crippen MR) is 102 cm³/mol. The van der Waals surface area contributed by atoms with Crippen LogP contribution in [0.5, 0.6) is 11.5 Å². The van der Waals surface area contributed by atoms with E-state index in [9.17, 15) is 17.2 Å². The summed E-state index contributed by atoms with van der Waals surface area (Å²) in [6, 6.07) is 13.1. The third kappa shape index (κ3) is 4.06. The summed E-state index contributed by atoms with van der Waals surface area (Å²) in [6.07, 6.45) is 2.64. The van der Waals surface area contributed by atoms with Crippen LogP contribution in [0.1, 0.15) is 22.8 Å². The predicted octanol–water partition coefficient (Wildman–Crippen LogP) is 3.62. The number of hydrogen-bond acceptors (Lipinski definition) is 5. The first kappa shape index (κ1) is 19.3. The number of nitrogens with two attached hydrogens (primary N) is 1. The van der Waals surface area contributed by atoms with Gasteiger partial charge in [-0.25, -0.2) is 13.6 Å². The summed E-state index contributed by atoms with van der Waals surface area (Å²) in [5.41, 5.74) is 2.86. The van der Waals surface area contributed by atoms with E-state index < -0.39 is 22.7 Å². The van der Waals surface area contributed by atoms with Gasteiger partial charge in [-0.3, -0.25) is 4.98 Å². The molecule has 0 spiro atoms. The van der Waals surface area contributed by atoms with Crippen molar-refractivity contribution in [1.29, 1.82) is 0 Å². The van der Waals surface area contributed by atoms with Gasteiger partial charge in [0.2, 0.25) is 10.0 Å². The van der Waals surface area contributed by atoms with Crippen molar-refractivity contribution in [3.05, 3.63) is 77.6 Å². The van der Waals surface area contributed by atoms with Gasteiger partial charge < -0.3 is 9.47 Å². The maximum atomic E-state index is 12.9. The van der Waals surface area contributed by atoms with Gasteiger partial charge in [0.05, 0.1) is 11.3 Å². The highest BCUT2D eigenvalue weighted by atomic mass is 32.2. The molecule has 3 aromatic rings. The Bertz CT molecular complexity index is 1150. The van der Waals surface area contributed by atoms with E-state index in [0.29, 0.717) is 28.0 Å². The molecule has 1 aliphatic rings. The number of halogens is 2. The average molecular weight is 418 g/mol. The van der Waals surface area contributed by atoms with Gasteiger partial charge >= 0.3 is 6.61 Å². The molecule has 150 valence electrons. The van der Waals surface area contributed by atoms with Gasteiger partial charge in [-0.1, -0.05) is 24.3 Å². The minimum Gasteiger partial charge on any atom is -0.480 e. The zero-order valence-corrected chi connectivity index (χ0v) is 15.8. The Balaban J connectivity index is 1.91. The molecular weight excluding hydrogens is 402 g/mol. The highest BCUT2D eigenvalue weighted by Gasteiger charge is 2.30. The fourth-order valence-electron chi connectivity index (χ4n) is 3.42. The van der Waals surface area contributed by atoms with E-state index in [4.69, 9.17) is 9.88 Å². The molecule has 1 aliphatic heterocycles. The molecule has 2 aromatic carbocycles. The first-order valence-corrected chi connectivity index (χ1v) is 10.3. The quantitative estimate of drug-likeness (QED) is 0.683. The smallest absolute Gasteiger partial charge is 0.387 e. The van der Waals surface area contributed by atoms with Gasteiger partial charge in [0, 0.05) is 18.0 Å². The van der Waals surface area contributed by atoms with E-state index in [1.54, 1.807) is 54.9 Å². The van der Waals surface area contributed by atoms with Crippen molar-refractivity contribution in [2.24, 2.45) is 5.14 Å². The number of ether oxygens (including phenoxy) is 2. The molecule has 2 N–H and O–H groups in total. The molecule has 0 amide bonds. The molecule has 1 unspecified atom stereocenters. The van der Waals surface area contributed by atoms with E-state index in [2.05, 4.69) is 9.72 Å². The number of primary sulfonamides is 1. The lowest BCUT2D eigenvalue weighted by atomic mass is 9.88. The molecule has 4 rings (SSSR count). The number of pyridine rings is 1. The molecule has 0 saturated carbocycles. The standard InChI is InChI=1S/C20H16F2N2O4S/c21-20(22)28-17-3-1-2-16-18(17)14-5-4-12(11-29(23,25)26)10-15(14)19(27-16)13-6-8-24-9-7-13/h1-10,19-20H,11H2,(H2,23,25,26). The van der Waals surface area contributed by atoms with E-state index in [1.807, 2.05) is 0 Å². The average Bonchev–Trinajstić information content (AvgIpc) is 2.66. The first-order chi connectivity index (χ1) is 13.8. The summed E-state index contributed by atoms with van der Waals surface area (Å²) < 4.78 is 59.7. The summed E-state index contributed by atoms with van der Waals surface area (Å²) in [4.78, 5) is 4.00. The van der Waals surface area contributed by atoms with Crippen molar-refractivity contribution < 1.29 is 26.7 Å². The zero-order valence-electron chi connectivity index (χ0n) is 15.0. The normalized spacial score (nSPS) is 15.4. The summed E-state index contributed by atoms with van der Waals surface area (Å²) in [7, 11) is -3.75. The Morgan fingerprint density at radius 1 is 1.14 bits per heavy atom. The van der Waals surface area contributed by atoms with Crippen LogP contribution >= 0.6 is 0 Å². The number of rotatable bonds is 5. The summed E-state index contributed by atoms with van der Waals surface area (Å²) in [5, 5.41) is 5.17. The lowest BCUT2D eigenvalue weighted by molar-refractivity contribution is -0.0496. The molecule has 29 heavy (non-hydrogen) atoms. The molecule has 0 radical (unpaired) electrons. The second-order valence-corrected chi connectivity index (χ2v) is 8.13. The van der Waals surface area contributed by atoms with Crippen molar-refractivity contribution in [1.82, 2.24) is 4.98 Å². The molecule has 0 bridgehead atoms. The SMILES string of the molecule is NS(=O)(=O)Cc1ccc2c(c1)C(c1ccncc1)Oc1cccc(OC(F)F)c1-2. The highest BCUT2D eigenvalue weighted by Crippen LogP contribution is 2.49. The maximum absolute atomic E-state index is 12.9. The van der Waals surface area contributed by atoms with Crippen LogP contribution in [0.25, 0.3) is 11.1 Å². The zero-order chi connectivity index (χ0) is 20.6. The van der Waals surface area contributed by atoms with Crippen LogP contribution in [0.3, 0.4) is 0 Å². The van der Waals surface area contributed by atoms with Crippen LogP contribution in [0.4, 0.5) is 8.78 Å². The minimum atomic E-state index is -3.75. The highest BCUT2D eigenvalue weighted by molar-refractivity contribution is 7.88. The molecule has 6 nitrogen and oxygen atoms in total. The van der Waals surface area contributed by atoms with Crippen molar-refractivity contribution in [3.8, 4) is 22.6 Å². The molecule has 1 aromatic heterocycles. The van der Waals surface area contributed by atoms with E-state index in [1.165, 1.54) is 6.07 Å². The topological polar surface area (TPSA) is 91.5 Å². The number of alkyl halides is 2. The van der Waals surface area contributed by atoms with Crippen molar-refractivity contribution in [3.63, 3.8) is 0 Å². The molecule has 9 heteroatoms. The molecule has 0 saturated heterocycles. The lowest BCUT2D eigenvalue weighted by Crippen LogP contribution is -2.18. The Morgan fingerprint density at radius 2 is 1.90 bits per heavy atom. The number of benzene rings is 2. The van der Waals surface area contributed by atoms with E-state index in [-0.39, 0.29) is 11.5 Å². The van der Waals surface area contributed by atoms with Crippen LogP contribution in [-0.4, -0.2) is 20.0 Å². The fourth-order valence-corrected chi connectivity index (χ4v) is 4.07. The first-order valence-electron chi connectivity index (χ1n) is 8.60. The number of aromatic nitrogens is 1. The minimum absolute atomic E-state index is 0.0221. The fraction of sp³-hybridized carbons (Fsp3) is 0.150. The Labute approximate surface area is 166 Å². The third-order valence-electron chi connectivity index (χ3n) is 4.49. The van der Waals surface area contributed by atoms with Crippen molar-refractivity contribution in [2.45, 2.75) is 18.5 Å². The Kier molecular flexibility index (Phi) is 4.93. The van der Waals surface area contributed by atoms with Gasteiger partial charge in [-0.2, -0.15) is 8.78 Å². The molecule has 0 fully saturated rings. The van der Waals surface area contributed by atoms with Crippen molar-refractivity contribution >= 4 is 10.0 Å². The molecule has 1 atom stereocenters. The number of fused-ring (bicyclic) bond motifs is 3. The number of hydrogen-bond donors (Lipinski definition) is 1. The van der Waals surface area contributed by atoms with E-state index >= 15 is 0 Å². The second kappa shape index (κ2) is 7.41.